The van der Waals surface area contributed by atoms with Gasteiger partial charge in [-0.1, -0.05) is 53.8 Å². The predicted molar refractivity (Wildman–Crippen MR) is 136 cm³/mol. The largest absolute Gasteiger partial charge is 0.345 e. The molecule has 2 heterocycles. The molecule has 0 unspecified atom stereocenters. The summed E-state index contributed by atoms with van der Waals surface area (Å²) in [5.74, 6) is -0.132. The van der Waals surface area contributed by atoms with Gasteiger partial charge in [0.15, 0.2) is 0 Å². The first-order chi connectivity index (χ1) is 16.4. The Morgan fingerprint density at radius 1 is 1.09 bits per heavy atom. The van der Waals surface area contributed by atoms with Crippen molar-refractivity contribution in [1.29, 1.82) is 0 Å². The Bertz CT molecular complexity index is 1330. The van der Waals surface area contributed by atoms with Crippen LogP contribution in [-0.2, 0) is 11.2 Å². The summed E-state index contributed by atoms with van der Waals surface area (Å²) in [6, 6.07) is 20.2. The van der Waals surface area contributed by atoms with Crippen LogP contribution in [0.1, 0.15) is 39.2 Å². The second-order valence-electron chi connectivity index (χ2n) is 8.90. The van der Waals surface area contributed by atoms with E-state index in [4.69, 9.17) is 0 Å². The van der Waals surface area contributed by atoms with Gasteiger partial charge >= 0.3 is 0 Å². The molecule has 0 aliphatic heterocycles. The number of aromatic nitrogens is 2. The lowest BCUT2D eigenvalue weighted by Gasteiger charge is -2.31. The first kappa shape index (κ1) is 22.4. The molecular formula is C26H24N4O2S2. The quantitative estimate of drug-likeness (QED) is 0.414. The summed E-state index contributed by atoms with van der Waals surface area (Å²) in [4.78, 5) is 29.7. The maximum absolute atomic E-state index is 13.5. The number of rotatable bonds is 5. The standard InChI is InChI=1S/C26H24N4O2S2/c1-26(24(32)28-25-29-27-15-33-25)14-21-19(22(26)17-7-5-4-6-8-17)13-20(34-21)16-9-11-18(12-10-16)23(31)30(2)3/h4-13,15,22H,14H2,1-3H3,(H,28,29,32)/t22-,26+/m0/s1. The van der Waals surface area contributed by atoms with Crippen molar-refractivity contribution in [3.63, 3.8) is 0 Å². The number of nitrogens with zero attached hydrogens (tertiary/aromatic N) is 3. The van der Waals surface area contributed by atoms with E-state index in [2.05, 4.69) is 33.7 Å². The molecule has 1 N–H and O–H groups in total. The Morgan fingerprint density at radius 2 is 1.82 bits per heavy atom. The number of carbonyl (C=O) groups is 2. The fraction of sp³-hybridized carbons (Fsp3) is 0.231. The highest BCUT2D eigenvalue weighted by Gasteiger charge is 2.50. The van der Waals surface area contributed by atoms with E-state index >= 15 is 0 Å². The summed E-state index contributed by atoms with van der Waals surface area (Å²) >= 11 is 3.04. The molecule has 1 aliphatic carbocycles. The minimum absolute atomic E-state index is 0.0124. The molecule has 8 heteroatoms. The van der Waals surface area contributed by atoms with Crippen LogP contribution in [0.5, 0.6) is 0 Å². The normalized spacial score (nSPS) is 19.0. The molecule has 5 rings (SSSR count). The molecule has 2 atom stereocenters. The van der Waals surface area contributed by atoms with Crippen molar-refractivity contribution in [2.24, 2.45) is 5.41 Å². The Balaban J connectivity index is 1.50. The van der Waals surface area contributed by atoms with E-state index in [-0.39, 0.29) is 17.7 Å². The van der Waals surface area contributed by atoms with E-state index in [0.717, 1.165) is 16.0 Å². The molecule has 0 saturated heterocycles. The van der Waals surface area contributed by atoms with Gasteiger partial charge in [0.2, 0.25) is 11.0 Å². The summed E-state index contributed by atoms with van der Waals surface area (Å²) < 4.78 is 0. The summed E-state index contributed by atoms with van der Waals surface area (Å²) in [5.41, 5.74) is 5.01. The first-order valence-electron chi connectivity index (χ1n) is 10.9. The molecule has 0 fully saturated rings. The number of amides is 2. The van der Waals surface area contributed by atoms with Gasteiger partial charge < -0.3 is 10.2 Å². The van der Waals surface area contributed by atoms with E-state index in [1.54, 1.807) is 35.8 Å². The van der Waals surface area contributed by atoms with Crippen LogP contribution >= 0.6 is 22.7 Å². The lowest BCUT2D eigenvalue weighted by Crippen LogP contribution is -2.37. The molecule has 0 radical (unpaired) electrons. The highest BCUT2D eigenvalue weighted by molar-refractivity contribution is 7.15. The van der Waals surface area contributed by atoms with Crippen molar-refractivity contribution in [1.82, 2.24) is 15.1 Å². The minimum atomic E-state index is -0.644. The average molecular weight is 489 g/mol. The molecule has 1 aliphatic rings. The van der Waals surface area contributed by atoms with E-state index in [9.17, 15) is 9.59 Å². The zero-order chi connectivity index (χ0) is 23.9. The summed E-state index contributed by atoms with van der Waals surface area (Å²) in [5, 5.41) is 11.3. The fourth-order valence-electron chi connectivity index (χ4n) is 4.65. The Hall–Kier alpha value is -3.36. The molecule has 0 spiro atoms. The van der Waals surface area contributed by atoms with Gasteiger partial charge in [0.25, 0.3) is 5.91 Å². The lowest BCUT2D eigenvalue weighted by molar-refractivity contribution is -0.125. The highest BCUT2D eigenvalue weighted by Crippen LogP contribution is 2.55. The molecule has 2 amide bonds. The monoisotopic (exact) mass is 488 g/mol. The van der Waals surface area contributed by atoms with Crippen molar-refractivity contribution >= 4 is 39.6 Å². The van der Waals surface area contributed by atoms with Crippen LogP contribution in [-0.4, -0.2) is 41.0 Å². The molecule has 4 aromatic rings. The number of fused-ring (bicyclic) bond motifs is 1. The Kier molecular flexibility index (Phi) is 5.79. The van der Waals surface area contributed by atoms with Crippen LogP contribution in [0, 0.1) is 5.41 Å². The third kappa shape index (κ3) is 3.93. The van der Waals surface area contributed by atoms with Gasteiger partial charge in [0, 0.05) is 35.3 Å². The van der Waals surface area contributed by atoms with Gasteiger partial charge in [0.05, 0.1) is 5.41 Å². The van der Waals surface area contributed by atoms with Gasteiger partial charge in [-0.2, -0.15) is 0 Å². The van der Waals surface area contributed by atoms with E-state index in [1.807, 2.05) is 49.4 Å². The third-order valence-electron chi connectivity index (χ3n) is 6.37. The summed E-state index contributed by atoms with van der Waals surface area (Å²) in [7, 11) is 3.50. The summed E-state index contributed by atoms with van der Waals surface area (Å²) in [6.45, 7) is 2.04. The van der Waals surface area contributed by atoms with Crippen LogP contribution in [0.15, 0.2) is 66.2 Å². The van der Waals surface area contributed by atoms with Crippen LogP contribution in [0.2, 0.25) is 0 Å². The number of carbonyl (C=O) groups excluding carboxylic acids is 2. The van der Waals surface area contributed by atoms with Crippen LogP contribution < -0.4 is 5.32 Å². The molecule has 0 bridgehead atoms. The lowest BCUT2D eigenvalue weighted by atomic mass is 9.73. The van der Waals surface area contributed by atoms with Crippen molar-refractivity contribution in [2.75, 3.05) is 19.4 Å². The maximum atomic E-state index is 13.5. The van der Waals surface area contributed by atoms with Gasteiger partial charge in [0.1, 0.15) is 5.51 Å². The second kappa shape index (κ2) is 8.77. The van der Waals surface area contributed by atoms with E-state index in [1.165, 1.54) is 21.8 Å². The van der Waals surface area contributed by atoms with Crippen molar-refractivity contribution in [3.05, 3.63) is 87.7 Å². The Morgan fingerprint density at radius 3 is 2.47 bits per heavy atom. The number of benzene rings is 2. The van der Waals surface area contributed by atoms with Crippen LogP contribution in [0.4, 0.5) is 5.13 Å². The average Bonchev–Trinajstić information content (AvgIpc) is 3.55. The first-order valence-corrected chi connectivity index (χ1v) is 12.6. The van der Waals surface area contributed by atoms with E-state index < -0.39 is 5.41 Å². The topological polar surface area (TPSA) is 75.2 Å². The van der Waals surface area contributed by atoms with Crippen molar-refractivity contribution in [3.8, 4) is 10.4 Å². The minimum Gasteiger partial charge on any atom is -0.345 e. The molecule has 2 aromatic heterocycles. The Labute approximate surface area is 206 Å². The van der Waals surface area contributed by atoms with Gasteiger partial charge in [-0.05, 0) is 48.2 Å². The SMILES string of the molecule is CN(C)C(=O)c1ccc(-c2cc3c(s2)C[C@@](C)(C(=O)Nc2nncs2)[C@H]3c2ccccc2)cc1. The van der Waals surface area contributed by atoms with Gasteiger partial charge in [-0.3, -0.25) is 9.59 Å². The number of anilines is 1. The maximum Gasteiger partial charge on any atom is 0.253 e. The number of hydrogen-bond acceptors (Lipinski definition) is 6. The molecule has 172 valence electrons. The van der Waals surface area contributed by atoms with E-state index in [0.29, 0.717) is 17.1 Å². The smallest absolute Gasteiger partial charge is 0.253 e. The number of hydrogen-bond donors (Lipinski definition) is 1. The molecule has 0 saturated carbocycles. The third-order valence-corrected chi connectivity index (χ3v) is 8.18. The number of thiophene rings is 1. The van der Waals surface area contributed by atoms with Crippen LogP contribution in [0.25, 0.3) is 10.4 Å². The second-order valence-corrected chi connectivity index (χ2v) is 10.9. The number of nitrogens with one attached hydrogen (secondary N) is 1. The zero-order valence-electron chi connectivity index (χ0n) is 19.1. The fourth-order valence-corrected chi connectivity index (χ4v) is 6.47. The van der Waals surface area contributed by atoms with Crippen molar-refractivity contribution < 1.29 is 9.59 Å². The highest BCUT2D eigenvalue weighted by atomic mass is 32.1. The molecule has 34 heavy (non-hydrogen) atoms. The summed E-state index contributed by atoms with van der Waals surface area (Å²) in [6.07, 6.45) is 0.647. The van der Waals surface area contributed by atoms with Crippen LogP contribution in [0.3, 0.4) is 0 Å². The molecule has 2 aromatic carbocycles. The van der Waals surface area contributed by atoms with Crippen molar-refractivity contribution in [2.45, 2.75) is 19.3 Å². The zero-order valence-corrected chi connectivity index (χ0v) is 20.7. The molecular weight excluding hydrogens is 464 g/mol. The molecule has 6 nitrogen and oxygen atoms in total. The van der Waals surface area contributed by atoms with Gasteiger partial charge in [-0.25, -0.2) is 0 Å². The van der Waals surface area contributed by atoms with Gasteiger partial charge in [-0.15, -0.1) is 21.5 Å². The predicted octanol–water partition coefficient (Wildman–Crippen LogP) is 5.30.